The average molecular weight is 1510 g/mol. The van der Waals surface area contributed by atoms with Gasteiger partial charge in [-0.2, -0.15) is 0 Å². The highest BCUT2D eigenvalue weighted by Crippen LogP contribution is 2.44. The lowest BCUT2D eigenvalue weighted by Crippen LogP contribution is -2.67. The van der Waals surface area contributed by atoms with Gasteiger partial charge in [-0.1, -0.05) is 91.1 Å². The summed E-state index contributed by atoms with van der Waals surface area (Å²) in [6.45, 7) is 4.53. The predicted octanol–water partition coefficient (Wildman–Crippen LogP) is 2.93. The molecule has 3 amide bonds. The summed E-state index contributed by atoms with van der Waals surface area (Å²) in [7, 11) is 0. The molecule has 31 nitrogen and oxygen atoms in total. The predicted molar refractivity (Wildman–Crippen MR) is 370 cm³/mol. The molecule has 4 aliphatic heterocycles. The van der Waals surface area contributed by atoms with Crippen LogP contribution in [0.2, 0.25) is 0 Å². The van der Waals surface area contributed by atoms with Gasteiger partial charge in [0.1, 0.15) is 120 Å². The normalized spacial score (nSPS) is 33.6. The Bertz CT molecular complexity index is 4040. The van der Waals surface area contributed by atoms with Crippen LogP contribution in [0.3, 0.4) is 0 Å². The van der Waals surface area contributed by atoms with E-state index in [0.29, 0.717) is 36.2 Å². The molecule has 3 aliphatic carbocycles. The molecule has 586 valence electrons. The van der Waals surface area contributed by atoms with Gasteiger partial charge in [0.2, 0.25) is 11.8 Å². The zero-order valence-corrected chi connectivity index (χ0v) is 60.0. The molecule has 34 heteroatoms. The van der Waals surface area contributed by atoms with E-state index in [9.17, 15) is 68.4 Å². The lowest BCUT2D eigenvalue weighted by molar-refractivity contribution is -0.337. The minimum Gasteiger partial charge on any atom is -0.394 e. The fraction of sp³-hybridized carbons (Fsp3) is 0.622. The van der Waals surface area contributed by atoms with E-state index in [0.717, 1.165) is 38.5 Å². The molecule has 24 atom stereocenters. The lowest BCUT2D eigenvalue weighted by Gasteiger charge is -2.49. The van der Waals surface area contributed by atoms with E-state index in [2.05, 4.69) is 41.6 Å². The van der Waals surface area contributed by atoms with Crippen molar-refractivity contribution in [1.82, 2.24) is 60.5 Å². The molecular weight excluding hydrogens is 1420 g/mol. The van der Waals surface area contributed by atoms with Crippen LogP contribution in [0, 0.1) is 35.2 Å². The molecule has 3 saturated carbocycles. The molecule has 7 fully saturated rings. The highest BCUT2D eigenvalue weighted by atomic mass is 19.1. The molecule has 0 radical (unpaired) electrons. The molecule has 10 unspecified atom stereocenters. The molecular formula is C74H95F3N12O19. The number of aliphatic hydroxyl groups excluding tert-OH is 8. The van der Waals surface area contributed by atoms with Crippen molar-refractivity contribution in [2.75, 3.05) is 26.2 Å². The molecule has 3 aromatic carbocycles. The zero-order chi connectivity index (χ0) is 76.2. The number of likely N-dealkylation sites (tertiary alicyclic amines) is 1. The van der Waals surface area contributed by atoms with Crippen molar-refractivity contribution in [1.29, 1.82) is 0 Å². The van der Waals surface area contributed by atoms with E-state index in [4.69, 9.17) is 33.2 Å². The largest absolute Gasteiger partial charge is 0.394 e. The van der Waals surface area contributed by atoms with Crippen LogP contribution in [0.4, 0.5) is 13.2 Å². The summed E-state index contributed by atoms with van der Waals surface area (Å²) in [4.78, 5) is 59.5. The van der Waals surface area contributed by atoms with E-state index in [-0.39, 0.29) is 86.2 Å². The number of nitrogens with one attached hydrogen (secondary N) is 2. The van der Waals surface area contributed by atoms with E-state index in [1.807, 2.05) is 0 Å². The molecule has 3 aromatic heterocycles. The number of carbonyl (C=O) groups is 4. The van der Waals surface area contributed by atoms with Gasteiger partial charge in [-0.25, -0.2) is 27.2 Å². The number of hydrogen-bond donors (Lipinski definition) is 10. The smallest absolute Gasteiger partial charge is 0.251 e. The Balaban J connectivity index is 0.770. The maximum Gasteiger partial charge on any atom is 0.251 e. The maximum atomic E-state index is 15.2. The number of aromatic nitrogens is 9. The molecule has 0 bridgehead atoms. The number of amides is 3. The average Bonchev–Trinajstić information content (AvgIpc) is 1.45. The number of Topliss-reactive ketones (excluding diaryl/α,β-unsaturated/α-hetero) is 1. The van der Waals surface area contributed by atoms with Crippen molar-refractivity contribution in [2.24, 2.45) is 17.8 Å². The number of hydrogen-bond acceptors (Lipinski definition) is 25. The van der Waals surface area contributed by atoms with Crippen molar-refractivity contribution >= 4 is 23.5 Å². The second kappa shape index (κ2) is 34.7. The lowest BCUT2D eigenvalue weighted by atomic mass is 9.78. The van der Waals surface area contributed by atoms with Gasteiger partial charge >= 0.3 is 0 Å². The summed E-state index contributed by atoms with van der Waals surface area (Å²) in [6.07, 6.45) is -16.7. The molecule has 10 N–H and O–H groups in total. The summed E-state index contributed by atoms with van der Waals surface area (Å²) < 4.78 is 93.3. The molecule has 0 spiro atoms. The standard InChI is InChI=1S/C74H95F3N12O19/c1-4-54-63(95)60(89-35-50(82-85-89)42-17-10-20-47(77)28-42)65(97)73(104-54)105-55-32-44(30-51(62(55)94)87-33-48(80-83-87)40-15-8-18-45(75)26-40)70(100)78-22-11-21-53(92)43-29-52(88-34-49(81-84-88)41-16-9-19-46(76)27-41)68(108-74-67(99)66(98)61(93)37(2)102-74)56(31-43)106-72-59(79-38(3)91)69(64(96)58(36-90)107-72)103-57(71(101)86-23-12-24-86)25-39-13-6-5-7-14-39/h8-10,15-20,26-28,33-35,37,39,43-44,51-52,54-69,72-74,90,93-99H,4-7,11-14,21-25,29-32,36H2,1-3H3,(H,78,100)(H,79,91)/t37?,43?,44-,51?,52?,54?,55+,56+,57-,58-,59?,60?,61+,62?,63-,64-,65+,66-,67?,68+,69?,72+,73-,74-/m0/s1. The van der Waals surface area contributed by atoms with Gasteiger partial charge in [0, 0.05) is 61.5 Å². The number of ether oxygens (including phenoxy) is 7. The van der Waals surface area contributed by atoms with Gasteiger partial charge in [0.15, 0.2) is 18.9 Å². The van der Waals surface area contributed by atoms with Crippen LogP contribution in [0.15, 0.2) is 91.4 Å². The van der Waals surface area contributed by atoms with Gasteiger partial charge in [-0.15, -0.1) is 15.3 Å². The van der Waals surface area contributed by atoms with Crippen molar-refractivity contribution in [2.45, 2.75) is 245 Å². The minimum atomic E-state index is -1.88. The summed E-state index contributed by atoms with van der Waals surface area (Å²) >= 11 is 0. The highest BCUT2D eigenvalue weighted by molar-refractivity contribution is 5.82. The molecule has 6 aromatic rings. The molecule has 108 heavy (non-hydrogen) atoms. The van der Waals surface area contributed by atoms with Gasteiger partial charge < -0.3 is 89.5 Å². The van der Waals surface area contributed by atoms with Crippen LogP contribution in [-0.4, -0.2) is 257 Å². The maximum absolute atomic E-state index is 15.2. The Hall–Kier alpha value is -7.65. The van der Waals surface area contributed by atoms with Crippen molar-refractivity contribution in [3.8, 4) is 33.8 Å². The van der Waals surface area contributed by atoms with Gasteiger partial charge in [0.25, 0.3) is 5.91 Å². The Morgan fingerprint density at radius 2 is 1.17 bits per heavy atom. The van der Waals surface area contributed by atoms with Crippen molar-refractivity contribution < 1.29 is 106 Å². The van der Waals surface area contributed by atoms with E-state index in [1.54, 1.807) is 30.0 Å². The fourth-order valence-electron chi connectivity index (χ4n) is 16.2. The molecule has 7 aliphatic rings. The number of aliphatic hydroxyl groups is 8. The highest BCUT2D eigenvalue weighted by Gasteiger charge is 2.55. The summed E-state index contributed by atoms with van der Waals surface area (Å²) in [6, 6.07) is 12.0. The SMILES string of the molecule is CCC1O[C@@H](O[C@@H]2C[C@@H](C(=O)NCCCC(=O)C3CC(n4cc(-c5cccc(F)c5)nn4)[C@@H](O[C@@H]4OC(C)[C@@H](O)[C@H](O)C4O)[C@H](O[C@@H]4O[C@@H](CO)[C@H](O)C(O[C@@H](CC5CCCCC5)C(=O)N5CCC5)C4NC(C)=O)C3)CC(n3cc(-c4cccc(F)c4)nn3)C2O)[C@H](O)C(n2cc(-c3cccc(F)c3)nn2)[C@H]1O. The van der Waals surface area contributed by atoms with Crippen molar-refractivity contribution in [3.63, 3.8) is 0 Å². The number of ketones is 1. The van der Waals surface area contributed by atoms with Crippen LogP contribution in [0.5, 0.6) is 0 Å². The number of nitrogens with zero attached hydrogens (tertiary/aromatic N) is 10. The second-order valence-corrected chi connectivity index (χ2v) is 29.6. The first kappa shape index (κ1) is 78.5. The van der Waals surface area contributed by atoms with Crippen LogP contribution < -0.4 is 10.6 Å². The first-order chi connectivity index (χ1) is 52.0. The Kier molecular flexibility index (Phi) is 25.2. The molecule has 4 saturated heterocycles. The topological polar surface area (TPSA) is 414 Å². The quantitative estimate of drug-likeness (QED) is 0.0349. The third-order valence-corrected chi connectivity index (χ3v) is 22.3. The van der Waals surface area contributed by atoms with Crippen LogP contribution in [0.25, 0.3) is 33.8 Å². The van der Waals surface area contributed by atoms with Crippen LogP contribution in [-0.2, 0) is 52.3 Å². The Morgan fingerprint density at radius 1 is 0.602 bits per heavy atom. The summed E-state index contributed by atoms with van der Waals surface area (Å²) in [5.74, 6) is -5.29. The number of rotatable bonds is 26. The summed E-state index contributed by atoms with van der Waals surface area (Å²) in [5, 5.41) is 124. The Labute approximate surface area is 619 Å². The zero-order valence-electron chi connectivity index (χ0n) is 60.0. The Morgan fingerprint density at radius 3 is 1.75 bits per heavy atom. The van der Waals surface area contributed by atoms with E-state index >= 15 is 4.79 Å². The third kappa shape index (κ3) is 17.6. The van der Waals surface area contributed by atoms with E-state index in [1.165, 1.54) is 101 Å². The van der Waals surface area contributed by atoms with Crippen LogP contribution in [0.1, 0.15) is 129 Å². The van der Waals surface area contributed by atoms with Gasteiger partial charge in [-0.3, -0.25) is 19.2 Å². The molecule has 13 rings (SSSR count). The first-order valence-corrected chi connectivity index (χ1v) is 37.4. The summed E-state index contributed by atoms with van der Waals surface area (Å²) in [5.41, 5.74) is 1.77. The first-order valence-electron chi connectivity index (χ1n) is 37.4. The second-order valence-electron chi connectivity index (χ2n) is 29.6. The van der Waals surface area contributed by atoms with E-state index < -0.39 is 182 Å². The number of carbonyl (C=O) groups excluding carboxylic acids is 4. The third-order valence-electron chi connectivity index (χ3n) is 22.3. The monoisotopic (exact) mass is 1510 g/mol. The molecule has 7 heterocycles. The minimum absolute atomic E-state index is 0.0419. The number of halogens is 3. The van der Waals surface area contributed by atoms with Crippen LogP contribution >= 0.6 is 0 Å². The van der Waals surface area contributed by atoms with Gasteiger partial charge in [-0.05, 0) is 101 Å². The van der Waals surface area contributed by atoms with Crippen molar-refractivity contribution in [3.05, 3.63) is 109 Å². The fourth-order valence-corrected chi connectivity index (χ4v) is 16.2. The number of benzene rings is 3. The van der Waals surface area contributed by atoms with Gasteiger partial charge in [0.05, 0.1) is 61.7 Å².